The number of para-hydroxylation sites is 1. The van der Waals surface area contributed by atoms with Gasteiger partial charge >= 0.3 is 5.97 Å². The molecule has 0 radical (unpaired) electrons. The molecule has 1 atom stereocenters. The normalized spacial score (nSPS) is 14.0. The zero-order valence-electron chi connectivity index (χ0n) is 33.6. The van der Waals surface area contributed by atoms with Crippen molar-refractivity contribution >= 4 is 39.1 Å². The van der Waals surface area contributed by atoms with Gasteiger partial charge in [0.2, 0.25) is 12.0 Å². The van der Waals surface area contributed by atoms with E-state index in [1.165, 1.54) is 40.5 Å². The average Bonchev–Trinajstić information content (AvgIpc) is 3.65. The first-order chi connectivity index (χ1) is 29.1. The number of aliphatic carboxylic acids is 1. The van der Waals surface area contributed by atoms with Gasteiger partial charge in [0, 0.05) is 62.8 Å². The molecule has 4 heterocycles. The number of carbonyl (C=O) groups is 1. The molecule has 0 spiro atoms. The van der Waals surface area contributed by atoms with Crippen LogP contribution in [0.4, 0.5) is 4.39 Å². The zero-order valence-corrected chi connectivity index (χ0v) is 35.2. The molecule has 314 valence electrons. The van der Waals surface area contributed by atoms with Crippen LogP contribution in [-0.4, -0.2) is 106 Å². The van der Waals surface area contributed by atoms with E-state index in [1.807, 2.05) is 19.1 Å². The number of halogens is 2. The number of carboxylic acids is 1. The molecule has 0 bridgehead atoms. The van der Waals surface area contributed by atoms with Gasteiger partial charge in [0.15, 0.2) is 0 Å². The number of carboxylic acid groups (broad SMARTS) is 1. The monoisotopic (exact) mass is 856 g/mol. The van der Waals surface area contributed by atoms with Gasteiger partial charge in [0.25, 0.3) is 5.56 Å². The van der Waals surface area contributed by atoms with Gasteiger partial charge in [-0.15, -0.1) is 11.3 Å². The molecule has 1 fully saturated rings. The summed E-state index contributed by atoms with van der Waals surface area (Å²) in [7, 11) is 1.55. The summed E-state index contributed by atoms with van der Waals surface area (Å²) in [4.78, 5) is 40.3. The van der Waals surface area contributed by atoms with Crippen LogP contribution in [-0.2, 0) is 29.1 Å². The second kappa shape index (κ2) is 19.7. The number of hydrogen-bond acceptors (Lipinski definition) is 12. The molecule has 13 nitrogen and oxygen atoms in total. The topological polar surface area (TPSA) is 141 Å². The third-order valence-corrected chi connectivity index (χ3v) is 12.1. The highest BCUT2D eigenvalue weighted by Gasteiger charge is 2.28. The van der Waals surface area contributed by atoms with Crippen LogP contribution in [0.15, 0.2) is 83.9 Å². The predicted molar refractivity (Wildman–Crippen MR) is 229 cm³/mol. The van der Waals surface area contributed by atoms with Crippen LogP contribution in [0.5, 0.6) is 17.4 Å². The van der Waals surface area contributed by atoms with Crippen molar-refractivity contribution in [1.29, 1.82) is 0 Å². The summed E-state index contributed by atoms with van der Waals surface area (Å²) in [6, 6.07) is 20.0. The molecule has 0 amide bonds. The van der Waals surface area contributed by atoms with Crippen LogP contribution in [0.25, 0.3) is 31.8 Å². The van der Waals surface area contributed by atoms with Crippen molar-refractivity contribution < 1.29 is 33.2 Å². The smallest absolute Gasteiger partial charge is 0.345 e. The number of rotatable bonds is 18. The summed E-state index contributed by atoms with van der Waals surface area (Å²) in [5.74, 6) is -0.554. The Morgan fingerprint density at radius 3 is 2.45 bits per heavy atom. The quantitative estimate of drug-likeness (QED) is 0.0952. The number of nitrogens with zero attached hydrogens (tertiary/aromatic N) is 6. The van der Waals surface area contributed by atoms with E-state index in [9.17, 15) is 19.1 Å². The molecular weight excluding hydrogens is 811 g/mol. The minimum atomic E-state index is -1.39. The van der Waals surface area contributed by atoms with Crippen molar-refractivity contribution in [3.05, 3.63) is 117 Å². The molecule has 16 heteroatoms. The van der Waals surface area contributed by atoms with Gasteiger partial charge in [-0.05, 0) is 66.1 Å². The number of methoxy groups -OCH3 is 1. The number of piperazine rings is 1. The molecule has 1 N–H and O–H groups in total. The maximum Gasteiger partial charge on any atom is 0.345 e. The van der Waals surface area contributed by atoms with Crippen LogP contribution in [0.2, 0.25) is 5.02 Å². The van der Waals surface area contributed by atoms with E-state index in [0.717, 1.165) is 60.8 Å². The van der Waals surface area contributed by atoms with Crippen molar-refractivity contribution in [2.24, 2.45) is 0 Å². The Labute approximate surface area is 355 Å². The van der Waals surface area contributed by atoms with Gasteiger partial charge in [0.1, 0.15) is 41.7 Å². The van der Waals surface area contributed by atoms with E-state index >= 15 is 0 Å². The van der Waals surface area contributed by atoms with Gasteiger partial charge in [-0.1, -0.05) is 54.9 Å². The molecule has 1 unspecified atom stereocenters. The number of benzene rings is 3. The lowest BCUT2D eigenvalue weighted by Gasteiger charge is -2.33. The first kappa shape index (κ1) is 42.7. The SMILES string of the molecule is CCN1CCN(CCOc2ccc(-c3c(-c4ccc(F)cc4)sc4ncnc(OC(Cc5ccccc5OCc5ccc(=O)n(CCOC)n5)C(=O)O)c34)c(C)c2Cl)CC1. The van der Waals surface area contributed by atoms with E-state index in [2.05, 4.69) is 31.8 Å². The molecule has 1 aliphatic heterocycles. The van der Waals surface area contributed by atoms with Gasteiger partial charge in [-0.25, -0.2) is 23.8 Å². The molecule has 7 rings (SSSR count). The molecule has 6 aromatic rings. The molecule has 0 saturated carbocycles. The van der Waals surface area contributed by atoms with Crippen LogP contribution in [0, 0.1) is 12.7 Å². The largest absolute Gasteiger partial charge is 0.491 e. The van der Waals surface area contributed by atoms with E-state index in [4.69, 9.17) is 30.5 Å². The molecule has 1 saturated heterocycles. The predicted octanol–water partition coefficient (Wildman–Crippen LogP) is 7.00. The Morgan fingerprint density at radius 2 is 1.70 bits per heavy atom. The first-order valence-electron chi connectivity index (χ1n) is 19.7. The first-order valence-corrected chi connectivity index (χ1v) is 20.9. The van der Waals surface area contributed by atoms with Crippen LogP contribution >= 0.6 is 22.9 Å². The second-order valence-corrected chi connectivity index (χ2v) is 15.6. The standard InChI is InChI=1S/C44H46ClFN6O7S/c1-4-50-17-19-51(20-18-50)21-24-57-35-15-14-33(28(2)40(35)45)38-39-42(47-27-48-43(39)60-41(38)29-9-11-31(46)12-10-29)59-36(44(54)55)25-30-7-5-6-8-34(30)58-26-32-13-16-37(53)52(49-32)22-23-56-3/h5-16,27,36H,4,17-26H2,1-3H3,(H,54,55). The van der Waals surface area contributed by atoms with Crippen LogP contribution in [0.1, 0.15) is 23.7 Å². The van der Waals surface area contributed by atoms with E-state index < -0.39 is 12.1 Å². The molecule has 3 aromatic carbocycles. The van der Waals surface area contributed by atoms with Crippen molar-refractivity contribution in [1.82, 2.24) is 29.5 Å². The maximum atomic E-state index is 14.2. The Morgan fingerprint density at radius 1 is 0.933 bits per heavy atom. The van der Waals surface area contributed by atoms with Crippen molar-refractivity contribution in [2.75, 3.05) is 59.6 Å². The maximum absolute atomic E-state index is 14.2. The third-order valence-electron chi connectivity index (χ3n) is 10.5. The summed E-state index contributed by atoms with van der Waals surface area (Å²) in [6.07, 6.45) is -0.137. The average molecular weight is 857 g/mol. The van der Waals surface area contributed by atoms with E-state index in [0.29, 0.717) is 56.8 Å². The fourth-order valence-corrected chi connectivity index (χ4v) is 8.47. The van der Waals surface area contributed by atoms with Gasteiger partial charge < -0.3 is 29.0 Å². The molecular formula is C44H46ClFN6O7S. The number of hydrogen-bond donors (Lipinski definition) is 1. The van der Waals surface area contributed by atoms with E-state index in [1.54, 1.807) is 49.6 Å². The Bertz CT molecular complexity index is 2490. The summed E-state index contributed by atoms with van der Waals surface area (Å²) >= 11 is 8.40. The number of thiophene rings is 1. The summed E-state index contributed by atoms with van der Waals surface area (Å²) in [5, 5.41) is 15.9. The van der Waals surface area contributed by atoms with Crippen molar-refractivity contribution in [3.63, 3.8) is 0 Å². The van der Waals surface area contributed by atoms with Crippen LogP contribution < -0.4 is 19.8 Å². The summed E-state index contributed by atoms with van der Waals surface area (Å²) < 4.78 is 39.3. The highest BCUT2D eigenvalue weighted by Crippen LogP contribution is 2.49. The molecule has 3 aromatic heterocycles. The van der Waals surface area contributed by atoms with Gasteiger partial charge in [0.05, 0.1) is 29.3 Å². The minimum absolute atomic E-state index is 0.0297. The molecule has 60 heavy (non-hydrogen) atoms. The Kier molecular flexibility index (Phi) is 14.0. The van der Waals surface area contributed by atoms with Crippen molar-refractivity contribution in [2.45, 2.75) is 39.5 Å². The highest BCUT2D eigenvalue weighted by molar-refractivity contribution is 7.22. The lowest BCUT2D eigenvalue weighted by atomic mass is 9.96. The lowest BCUT2D eigenvalue weighted by Crippen LogP contribution is -2.47. The number of fused-ring (bicyclic) bond motifs is 1. The van der Waals surface area contributed by atoms with Crippen LogP contribution in [0.3, 0.4) is 0 Å². The minimum Gasteiger partial charge on any atom is -0.491 e. The fourth-order valence-electron chi connectivity index (χ4n) is 7.10. The number of ether oxygens (including phenoxy) is 4. The van der Waals surface area contributed by atoms with E-state index in [-0.39, 0.29) is 36.8 Å². The third kappa shape index (κ3) is 9.94. The molecule has 0 aliphatic carbocycles. The number of likely N-dealkylation sites (N-methyl/N-ethyl adjacent to an activating group) is 1. The van der Waals surface area contributed by atoms with Gasteiger partial charge in [-0.2, -0.15) is 5.10 Å². The Hall–Kier alpha value is -5.45. The van der Waals surface area contributed by atoms with Crippen molar-refractivity contribution in [3.8, 4) is 38.9 Å². The Balaban J connectivity index is 1.18. The molecule has 1 aliphatic rings. The fraction of sp³-hybridized carbons (Fsp3) is 0.341. The number of aromatic nitrogens is 4. The summed E-state index contributed by atoms with van der Waals surface area (Å²) in [6.45, 7) is 11.1. The zero-order chi connectivity index (χ0) is 42.2. The highest BCUT2D eigenvalue weighted by atomic mass is 35.5. The summed E-state index contributed by atoms with van der Waals surface area (Å²) in [5.41, 5.74) is 3.68. The van der Waals surface area contributed by atoms with Gasteiger partial charge in [-0.3, -0.25) is 9.69 Å². The lowest BCUT2D eigenvalue weighted by molar-refractivity contribution is -0.145. The second-order valence-electron chi connectivity index (χ2n) is 14.3.